The van der Waals surface area contributed by atoms with Gasteiger partial charge in [0.1, 0.15) is 0 Å². The Balaban J connectivity index is 1.95. The van der Waals surface area contributed by atoms with E-state index < -0.39 is 0 Å². The van der Waals surface area contributed by atoms with Crippen molar-refractivity contribution in [3.8, 4) is 0 Å². The molecule has 0 bridgehead atoms. The summed E-state index contributed by atoms with van der Waals surface area (Å²) in [7, 11) is 1.97. The van der Waals surface area contributed by atoms with Gasteiger partial charge in [0.05, 0.1) is 0 Å². The summed E-state index contributed by atoms with van der Waals surface area (Å²) in [5, 5.41) is 3.17. The van der Waals surface area contributed by atoms with E-state index in [2.05, 4.69) is 58.5 Å². The molecule has 0 aliphatic heterocycles. The molecule has 1 aromatic carbocycles. The second kappa shape index (κ2) is 7.78. The Labute approximate surface area is 121 Å². The summed E-state index contributed by atoms with van der Waals surface area (Å²) < 4.78 is 0. The highest BCUT2D eigenvalue weighted by Crippen LogP contribution is 2.10. The number of rotatable bonds is 7. The maximum Gasteiger partial charge on any atom is 0.0271 e. The molecule has 0 atom stereocenters. The van der Waals surface area contributed by atoms with Crippen LogP contribution < -0.4 is 5.32 Å². The lowest BCUT2D eigenvalue weighted by atomic mass is 10.1. The Kier molecular flexibility index (Phi) is 5.71. The molecule has 0 saturated heterocycles. The van der Waals surface area contributed by atoms with Gasteiger partial charge in [-0.15, -0.1) is 0 Å². The van der Waals surface area contributed by atoms with Crippen LogP contribution in [0.5, 0.6) is 0 Å². The van der Waals surface area contributed by atoms with Crippen molar-refractivity contribution in [1.82, 2.24) is 15.2 Å². The molecular formula is C17H23N3. The van der Waals surface area contributed by atoms with Crippen molar-refractivity contribution in [1.29, 1.82) is 0 Å². The first kappa shape index (κ1) is 14.7. The maximum atomic E-state index is 4.07. The Hall–Kier alpha value is -1.71. The van der Waals surface area contributed by atoms with Crippen LogP contribution in [0.25, 0.3) is 0 Å². The minimum absolute atomic E-state index is 0.925. The summed E-state index contributed by atoms with van der Waals surface area (Å²) in [5.41, 5.74) is 4.00. The third-order valence-corrected chi connectivity index (χ3v) is 3.41. The van der Waals surface area contributed by atoms with Crippen LogP contribution in [-0.4, -0.2) is 23.5 Å². The zero-order valence-corrected chi connectivity index (χ0v) is 12.3. The lowest BCUT2D eigenvalue weighted by Crippen LogP contribution is -2.22. The molecule has 0 spiro atoms. The van der Waals surface area contributed by atoms with Crippen molar-refractivity contribution in [2.45, 2.75) is 26.6 Å². The van der Waals surface area contributed by atoms with Gasteiger partial charge in [-0.3, -0.25) is 9.88 Å². The third kappa shape index (κ3) is 4.44. The first-order chi connectivity index (χ1) is 9.81. The summed E-state index contributed by atoms with van der Waals surface area (Å²) in [4.78, 5) is 6.50. The van der Waals surface area contributed by atoms with Crippen LogP contribution in [-0.2, 0) is 19.6 Å². The molecule has 1 aromatic heterocycles. The number of benzene rings is 1. The number of nitrogens with zero attached hydrogens (tertiary/aromatic N) is 2. The van der Waals surface area contributed by atoms with E-state index in [1.807, 2.05) is 19.4 Å². The van der Waals surface area contributed by atoms with Crippen LogP contribution in [0.2, 0.25) is 0 Å². The van der Waals surface area contributed by atoms with E-state index in [0.29, 0.717) is 0 Å². The zero-order valence-electron chi connectivity index (χ0n) is 12.3. The van der Waals surface area contributed by atoms with Crippen LogP contribution in [0.15, 0.2) is 48.8 Å². The highest BCUT2D eigenvalue weighted by atomic mass is 15.1. The molecule has 2 aromatic rings. The molecule has 1 heterocycles. The average Bonchev–Trinajstić information content (AvgIpc) is 2.50. The topological polar surface area (TPSA) is 28.2 Å². The van der Waals surface area contributed by atoms with Gasteiger partial charge in [0.15, 0.2) is 0 Å². The normalized spacial score (nSPS) is 10.9. The smallest absolute Gasteiger partial charge is 0.0271 e. The van der Waals surface area contributed by atoms with Crippen molar-refractivity contribution in [3.63, 3.8) is 0 Å². The fourth-order valence-corrected chi connectivity index (χ4v) is 2.25. The number of nitrogens with one attached hydrogen (secondary N) is 1. The number of hydrogen-bond acceptors (Lipinski definition) is 3. The van der Waals surface area contributed by atoms with Gasteiger partial charge in [0.2, 0.25) is 0 Å². The van der Waals surface area contributed by atoms with Crippen LogP contribution in [0.1, 0.15) is 23.6 Å². The van der Waals surface area contributed by atoms with E-state index in [1.165, 1.54) is 16.7 Å². The standard InChI is InChI=1S/C17H23N3/c1-3-20(14-17-8-10-19-11-9-17)13-16-6-4-15(5-7-16)12-18-2/h4-11,18H,3,12-14H2,1-2H3. The fraction of sp³-hybridized carbons (Fsp3) is 0.353. The van der Waals surface area contributed by atoms with Crippen molar-refractivity contribution in [3.05, 3.63) is 65.5 Å². The Morgan fingerprint density at radius 2 is 1.45 bits per heavy atom. The molecule has 3 heteroatoms. The van der Waals surface area contributed by atoms with Crippen LogP contribution in [0, 0.1) is 0 Å². The Morgan fingerprint density at radius 3 is 2.00 bits per heavy atom. The fourth-order valence-electron chi connectivity index (χ4n) is 2.25. The van der Waals surface area contributed by atoms with E-state index in [4.69, 9.17) is 0 Å². The largest absolute Gasteiger partial charge is 0.316 e. The van der Waals surface area contributed by atoms with Crippen LogP contribution >= 0.6 is 0 Å². The summed E-state index contributed by atoms with van der Waals surface area (Å²) in [6, 6.07) is 13.0. The van der Waals surface area contributed by atoms with Gasteiger partial charge in [0.25, 0.3) is 0 Å². The molecule has 1 N–H and O–H groups in total. The molecular weight excluding hydrogens is 246 g/mol. The van der Waals surface area contributed by atoms with Crippen molar-refractivity contribution in [2.24, 2.45) is 0 Å². The van der Waals surface area contributed by atoms with Gasteiger partial charge in [-0.2, -0.15) is 0 Å². The highest BCUT2D eigenvalue weighted by molar-refractivity contribution is 5.22. The molecule has 20 heavy (non-hydrogen) atoms. The van der Waals surface area contributed by atoms with Crippen molar-refractivity contribution in [2.75, 3.05) is 13.6 Å². The van der Waals surface area contributed by atoms with E-state index in [-0.39, 0.29) is 0 Å². The SMILES string of the molecule is CCN(Cc1ccncc1)Cc1ccc(CNC)cc1. The van der Waals surface area contributed by atoms with E-state index >= 15 is 0 Å². The van der Waals surface area contributed by atoms with Gasteiger partial charge < -0.3 is 5.32 Å². The molecule has 0 radical (unpaired) electrons. The lowest BCUT2D eigenvalue weighted by Gasteiger charge is -2.20. The molecule has 106 valence electrons. The Bertz CT molecular complexity index is 493. The zero-order chi connectivity index (χ0) is 14.2. The molecule has 3 nitrogen and oxygen atoms in total. The van der Waals surface area contributed by atoms with Gasteiger partial charge >= 0.3 is 0 Å². The van der Waals surface area contributed by atoms with E-state index in [0.717, 1.165) is 26.2 Å². The highest BCUT2D eigenvalue weighted by Gasteiger charge is 2.05. The summed E-state index contributed by atoms with van der Waals surface area (Å²) >= 11 is 0. The number of pyridine rings is 1. The van der Waals surface area contributed by atoms with Gasteiger partial charge in [-0.1, -0.05) is 31.2 Å². The van der Waals surface area contributed by atoms with E-state index in [9.17, 15) is 0 Å². The minimum atomic E-state index is 0.925. The number of hydrogen-bond donors (Lipinski definition) is 1. The second-order valence-corrected chi connectivity index (χ2v) is 5.01. The maximum absolute atomic E-state index is 4.07. The van der Waals surface area contributed by atoms with Crippen molar-refractivity contribution < 1.29 is 0 Å². The summed E-state index contributed by atoms with van der Waals surface area (Å²) in [5.74, 6) is 0. The van der Waals surface area contributed by atoms with Gasteiger partial charge in [-0.05, 0) is 42.4 Å². The average molecular weight is 269 g/mol. The van der Waals surface area contributed by atoms with Crippen molar-refractivity contribution >= 4 is 0 Å². The third-order valence-electron chi connectivity index (χ3n) is 3.41. The number of aromatic nitrogens is 1. The Morgan fingerprint density at radius 1 is 0.900 bits per heavy atom. The molecule has 0 amide bonds. The van der Waals surface area contributed by atoms with Crippen LogP contribution in [0.4, 0.5) is 0 Å². The molecule has 0 unspecified atom stereocenters. The van der Waals surface area contributed by atoms with E-state index in [1.54, 1.807) is 0 Å². The first-order valence-corrected chi connectivity index (χ1v) is 7.15. The molecule has 0 fully saturated rings. The second-order valence-electron chi connectivity index (χ2n) is 5.01. The summed E-state index contributed by atoms with van der Waals surface area (Å²) in [6.45, 7) is 6.13. The first-order valence-electron chi connectivity index (χ1n) is 7.15. The van der Waals surface area contributed by atoms with Gasteiger partial charge in [-0.25, -0.2) is 0 Å². The molecule has 2 rings (SSSR count). The monoisotopic (exact) mass is 269 g/mol. The predicted octanol–water partition coefficient (Wildman–Crippen LogP) is 2.82. The molecule has 0 aliphatic rings. The predicted molar refractivity (Wildman–Crippen MR) is 83.2 cm³/mol. The molecule has 0 aliphatic carbocycles. The molecule has 0 saturated carbocycles. The minimum Gasteiger partial charge on any atom is -0.316 e. The summed E-state index contributed by atoms with van der Waals surface area (Å²) in [6.07, 6.45) is 3.71. The lowest BCUT2D eigenvalue weighted by molar-refractivity contribution is 0.271. The van der Waals surface area contributed by atoms with Gasteiger partial charge in [0, 0.05) is 32.0 Å². The van der Waals surface area contributed by atoms with Crippen LogP contribution in [0.3, 0.4) is 0 Å². The quantitative estimate of drug-likeness (QED) is 0.838.